The highest BCUT2D eigenvalue weighted by Crippen LogP contribution is 2.43. The van der Waals surface area contributed by atoms with Gasteiger partial charge in [-0.05, 0) is 46.5 Å². The fourth-order valence-corrected chi connectivity index (χ4v) is 6.20. The summed E-state index contributed by atoms with van der Waals surface area (Å²) in [6, 6.07) is 0. The highest BCUT2D eigenvalue weighted by Gasteiger charge is 2.25. The number of carbonyl (C=O) groups excluding carboxylic acids is 1. The van der Waals surface area contributed by atoms with Gasteiger partial charge in [-0.3, -0.25) is 13.8 Å². The third kappa shape index (κ3) is 24.9. The molecule has 0 saturated heterocycles. The van der Waals surface area contributed by atoms with Crippen LogP contribution in [0, 0.1) is 0 Å². The molecule has 0 aliphatic rings. The average molecular weight is 623 g/mol. The maximum Gasteiger partial charge on any atom is 0.472 e. The first-order chi connectivity index (χ1) is 20.2. The summed E-state index contributed by atoms with van der Waals surface area (Å²) in [7, 11) is -4.21. The number of quaternary nitrogens is 1. The monoisotopic (exact) mass is 622 g/mol. The van der Waals surface area contributed by atoms with Crippen LogP contribution in [0.2, 0.25) is 0 Å². The van der Waals surface area contributed by atoms with Gasteiger partial charge in [0.05, 0.1) is 46.0 Å². The number of hydrogen-bond donors (Lipinski definition) is 1. The third-order valence-electron chi connectivity index (χ3n) is 8.50. The number of esters is 1. The fraction of sp³-hybridized carbons (Fsp3) is 0.970. The number of phosphoric acid groups is 1. The summed E-state index contributed by atoms with van der Waals surface area (Å²) < 4.78 is 34.6. The van der Waals surface area contributed by atoms with E-state index in [1.54, 1.807) is 0 Å². The second kappa shape index (κ2) is 28.0. The van der Waals surface area contributed by atoms with Crippen molar-refractivity contribution >= 4 is 13.8 Å². The summed E-state index contributed by atoms with van der Waals surface area (Å²) in [5, 5.41) is 0. The lowest BCUT2D eigenvalue weighted by Crippen LogP contribution is -2.48. The lowest BCUT2D eigenvalue weighted by atomic mass is 10.0. The molecule has 1 N–H and O–H groups in total. The van der Waals surface area contributed by atoms with Crippen molar-refractivity contribution in [2.24, 2.45) is 0 Å². The molecule has 0 aromatic carbocycles. The molecule has 252 valence electrons. The Balaban J connectivity index is 3.89. The number of carbonyl (C=O) groups is 1. The summed E-state index contributed by atoms with van der Waals surface area (Å²) >= 11 is 0. The van der Waals surface area contributed by atoms with Crippen LogP contribution in [-0.2, 0) is 27.9 Å². The van der Waals surface area contributed by atoms with Gasteiger partial charge in [0, 0.05) is 13.5 Å². The third-order valence-corrected chi connectivity index (χ3v) is 9.48. The molecular formula is C33H69NO7P+. The molecule has 8 nitrogen and oxygen atoms in total. The molecule has 0 aliphatic carbocycles. The number of hydrogen-bond acceptors (Lipinski definition) is 6. The van der Waals surface area contributed by atoms with Gasteiger partial charge in [0.15, 0.2) is 0 Å². The Labute approximate surface area is 259 Å². The summed E-state index contributed by atoms with van der Waals surface area (Å²) in [6.45, 7) is 15.6. The normalized spacial score (nSPS) is 14.1. The highest BCUT2D eigenvalue weighted by atomic mass is 31.2. The van der Waals surface area contributed by atoms with E-state index in [1.807, 2.05) is 0 Å². The van der Waals surface area contributed by atoms with Crippen molar-refractivity contribution in [3.8, 4) is 0 Å². The van der Waals surface area contributed by atoms with Gasteiger partial charge in [0.2, 0.25) is 0 Å². The maximum absolute atomic E-state index is 12.3. The molecule has 0 rings (SSSR count). The number of nitrogens with zero attached hydrogens (tertiary/aromatic N) is 1. The van der Waals surface area contributed by atoms with Gasteiger partial charge < -0.3 is 18.9 Å². The van der Waals surface area contributed by atoms with Crippen LogP contribution < -0.4 is 0 Å². The van der Waals surface area contributed by atoms with Crippen LogP contribution >= 0.6 is 7.82 Å². The lowest BCUT2D eigenvalue weighted by molar-refractivity contribution is -0.923. The Bertz CT molecular complexity index is 652. The number of rotatable bonds is 32. The number of ether oxygens (including phenoxy) is 2. The van der Waals surface area contributed by atoms with Crippen molar-refractivity contribution in [2.45, 2.75) is 156 Å². The van der Waals surface area contributed by atoms with E-state index in [0.29, 0.717) is 13.0 Å². The van der Waals surface area contributed by atoms with Crippen LogP contribution in [0.4, 0.5) is 0 Å². The van der Waals surface area contributed by atoms with Crippen molar-refractivity contribution in [3.05, 3.63) is 0 Å². The number of phosphoric ester groups is 1. The molecule has 2 atom stereocenters. The quantitative estimate of drug-likeness (QED) is 0.0346. The Morgan fingerprint density at radius 3 is 1.57 bits per heavy atom. The Kier molecular flexibility index (Phi) is 27.7. The lowest BCUT2D eigenvalue weighted by Gasteiger charge is -2.35. The van der Waals surface area contributed by atoms with E-state index >= 15 is 0 Å². The van der Waals surface area contributed by atoms with E-state index in [9.17, 15) is 14.3 Å². The molecule has 0 spiro atoms. The van der Waals surface area contributed by atoms with Crippen molar-refractivity contribution in [2.75, 3.05) is 52.6 Å². The van der Waals surface area contributed by atoms with E-state index in [0.717, 1.165) is 56.2 Å². The van der Waals surface area contributed by atoms with E-state index in [-0.39, 0.29) is 19.8 Å². The first kappa shape index (κ1) is 41.5. The van der Waals surface area contributed by atoms with E-state index in [4.69, 9.17) is 18.5 Å². The zero-order valence-electron chi connectivity index (χ0n) is 28.3. The standard InChI is InChI=1S/C33H68NO7P/c1-6-10-11-12-13-14-15-16-17-18-19-20-22-25-28-38-30-33(41-32(5)35)31-40-42(36,37)39-29-26-23-21-24-27-34(7-2,8-3)9-4/h33H,6-31H2,1-5H3/p+1/t33-/m1/s1. The second-order valence-corrected chi connectivity index (χ2v) is 13.4. The topological polar surface area (TPSA) is 91.3 Å². The molecule has 0 fully saturated rings. The Morgan fingerprint density at radius 2 is 1.10 bits per heavy atom. The molecule has 0 bridgehead atoms. The van der Waals surface area contributed by atoms with Gasteiger partial charge in [0.25, 0.3) is 0 Å². The zero-order chi connectivity index (χ0) is 31.4. The molecule has 1 unspecified atom stereocenters. The summed E-state index contributed by atoms with van der Waals surface area (Å²) in [5.74, 6) is -0.478. The fourth-order valence-electron chi connectivity index (χ4n) is 5.41. The SMILES string of the molecule is CCCCCCCCCCCCCCCCOC[C@H](COP(=O)(O)OCCCCCC[N+](CC)(CC)CC)OC(C)=O. The second-order valence-electron chi connectivity index (χ2n) is 11.9. The van der Waals surface area contributed by atoms with Crippen LogP contribution in [-0.4, -0.2) is 74.1 Å². The molecule has 0 aromatic heterocycles. The predicted molar refractivity (Wildman–Crippen MR) is 174 cm³/mol. The van der Waals surface area contributed by atoms with Gasteiger partial charge in [-0.25, -0.2) is 4.57 Å². The van der Waals surface area contributed by atoms with Crippen molar-refractivity contribution in [3.63, 3.8) is 0 Å². The molecular weight excluding hydrogens is 553 g/mol. The van der Waals surface area contributed by atoms with Gasteiger partial charge in [0.1, 0.15) is 6.10 Å². The van der Waals surface area contributed by atoms with Gasteiger partial charge in [-0.2, -0.15) is 0 Å². The molecule has 0 amide bonds. The van der Waals surface area contributed by atoms with Crippen LogP contribution in [0.1, 0.15) is 150 Å². The largest absolute Gasteiger partial charge is 0.472 e. The van der Waals surface area contributed by atoms with Crippen LogP contribution in [0.15, 0.2) is 0 Å². The van der Waals surface area contributed by atoms with Crippen LogP contribution in [0.25, 0.3) is 0 Å². The average Bonchev–Trinajstić information content (AvgIpc) is 2.97. The molecule has 0 radical (unpaired) electrons. The van der Waals surface area contributed by atoms with Crippen molar-refractivity contribution < 1.29 is 37.3 Å². The van der Waals surface area contributed by atoms with Gasteiger partial charge >= 0.3 is 13.8 Å². The first-order valence-corrected chi connectivity index (χ1v) is 19.0. The maximum atomic E-state index is 12.3. The summed E-state index contributed by atoms with van der Waals surface area (Å²) in [6.07, 6.45) is 21.3. The minimum Gasteiger partial charge on any atom is -0.458 e. The molecule has 0 heterocycles. The Hall–Kier alpha value is -0.500. The van der Waals surface area contributed by atoms with E-state index < -0.39 is 19.9 Å². The van der Waals surface area contributed by atoms with Crippen LogP contribution in [0.3, 0.4) is 0 Å². The molecule has 9 heteroatoms. The van der Waals surface area contributed by atoms with Crippen molar-refractivity contribution in [1.82, 2.24) is 0 Å². The Morgan fingerprint density at radius 1 is 0.643 bits per heavy atom. The van der Waals surface area contributed by atoms with E-state index in [2.05, 4.69) is 27.7 Å². The van der Waals surface area contributed by atoms with Crippen LogP contribution in [0.5, 0.6) is 0 Å². The smallest absolute Gasteiger partial charge is 0.458 e. The molecule has 0 saturated carbocycles. The van der Waals surface area contributed by atoms with Gasteiger partial charge in [-0.1, -0.05) is 96.8 Å². The van der Waals surface area contributed by atoms with Gasteiger partial charge in [-0.15, -0.1) is 0 Å². The minimum absolute atomic E-state index is 0.130. The molecule has 0 aromatic rings. The number of unbranched alkanes of at least 4 members (excludes halogenated alkanes) is 16. The molecule has 42 heavy (non-hydrogen) atoms. The highest BCUT2D eigenvalue weighted by molar-refractivity contribution is 7.47. The zero-order valence-corrected chi connectivity index (χ0v) is 29.1. The first-order valence-electron chi connectivity index (χ1n) is 17.5. The predicted octanol–water partition coefficient (Wildman–Crippen LogP) is 8.99. The minimum atomic E-state index is -4.21. The summed E-state index contributed by atoms with van der Waals surface area (Å²) in [4.78, 5) is 21.5. The van der Waals surface area contributed by atoms with E-state index in [1.165, 1.54) is 90.5 Å². The van der Waals surface area contributed by atoms with Crippen molar-refractivity contribution in [1.29, 1.82) is 0 Å². The molecule has 0 aliphatic heterocycles. The summed E-state index contributed by atoms with van der Waals surface area (Å²) in [5.41, 5.74) is 0.